The quantitative estimate of drug-likeness (QED) is 0.563. The third-order valence-electron chi connectivity index (χ3n) is 3.90. The first-order chi connectivity index (χ1) is 11.6. The number of hydrazone groups is 1. The molecule has 120 valence electrons. The molecule has 0 aliphatic carbocycles. The summed E-state index contributed by atoms with van der Waals surface area (Å²) in [5, 5.41) is 15.8. The summed E-state index contributed by atoms with van der Waals surface area (Å²) in [5.41, 5.74) is 3.80. The number of benzene rings is 3. The zero-order valence-corrected chi connectivity index (χ0v) is 13.3. The number of phenolic OH excluding ortho intramolecular Hbond substituents is 1. The van der Waals surface area contributed by atoms with Crippen LogP contribution in [0.5, 0.6) is 5.75 Å². The summed E-state index contributed by atoms with van der Waals surface area (Å²) >= 11 is 0. The van der Waals surface area contributed by atoms with E-state index in [1.807, 2.05) is 61.5 Å². The summed E-state index contributed by atoms with van der Waals surface area (Å²) in [4.78, 5) is 12.2. The molecule has 0 heterocycles. The van der Waals surface area contributed by atoms with E-state index in [0.717, 1.165) is 16.3 Å². The van der Waals surface area contributed by atoms with E-state index in [-0.39, 0.29) is 17.2 Å². The molecule has 3 aromatic carbocycles. The molecule has 24 heavy (non-hydrogen) atoms. The zero-order valence-electron chi connectivity index (χ0n) is 13.3. The van der Waals surface area contributed by atoms with Gasteiger partial charge >= 0.3 is 0 Å². The van der Waals surface area contributed by atoms with Crippen LogP contribution in [0.15, 0.2) is 71.8 Å². The second kappa shape index (κ2) is 6.96. The topological polar surface area (TPSA) is 61.7 Å². The lowest BCUT2D eigenvalue weighted by molar-refractivity contribution is 0.0952. The maximum Gasteiger partial charge on any atom is 0.275 e. The van der Waals surface area contributed by atoms with E-state index in [2.05, 4.69) is 10.5 Å². The lowest BCUT2D eigenvalue weighted by atomic mass is 10.0. The minimum Gasteiger partial charge on any atom is -0.507 e. The van der Waals surface area contributed by atoms with Crippen molar-refractivity contribution in [3.8, 4) is 5.75 Å². The molecule has 0 fully saturated rings. The predicted octanol–water partition coefficient (Wildman–Crippen LogP) is 4.06. The highest BCUT2D eigenvalue weighted by atomic mass is 16.3. The Kier molecular flexibility index (Phi) is 4.57. The molecule has 0 radical (unpaired) electrons. The van der Waals surface area contributed by atoms with E-state index in [4.69, 9.17) is 0 Å². The van der Waals surface area contributed by atoms with E-state index in [9.17, 15) is 9.90 Å². The Labute approximate surface area is 140 Å². The zero-order chi connectivity index (χ0) is 16.9. The van der Waals surface area contributed by atoms with Crippen molar-refractivity contribution < 1.29 is 9.90 Å². The van der Waals surface area contributed by atoms with Crippen LogP contribution in [0.25, 0.3) is 10.8 Å². The average molecular weight is 318 g/mol. The summed E-state index contributed by atoms with van der Waals surface area (Å²) in [6.07, 6.45) is 1.67. The molecular formula is C20H18N2O2. The molecule has 3 aromatic rings. The van der Waals surface area contributed by atoms with Gasteiger partial charge in [0.25, 0.3) is 5.91 Å². The van der Waals surface area contributed by atoms with Gasteiger partial charge in [0.1, 0.15) is 5.75 Å². The van der Waals surface area contributed by atoms with Gasteiger partial charge in [0.15, 0.2) is 0 Å². The Hall–Kier alpha value is -3.14. The minimum absolute atomic E-state index is 0.0579. The number of aromatic hydroxyl groups is 1. The molecule has 2 N–H and O–H groups in total. The highest BCUT2D eigenvalue weighted by Crippen LogP contribution is 2.24. The number of nitrogens with zero attached hydrogens (tertiary/aromatic N) is 1. The summed E-state index contributed by atoms with van der Waals surface area (Å²) in [6, 6.07) is 20.7. The lowest BCUT2D eigenvalue weighted by Crippen LogP contribution is -2.18. The largest absolute Gasteiger partial charge is 0.507 e. The Morgan fingerprint density at radius 3 is 2.38 bits per heavy atom. The van der Waals surface area contributed by atoms with Crippen molar-refractivity contribution in [3.63, 3.8) is 0 Å². The molecule has 0 saturated heterocycles. The fourth-order valence-electron chi connectivity index (χ4n) is 2.52. The van der Waals surface area contributed by atoms with Crippen LogP contribution in [-0.2, 0) is 0 Å². The van der Waals surface area contributed by atoms with Gasteiger partial charge in [-0.05, 0) is 28.5 Å². The van der Waals surface area contributed by atoms with Crippen LogP contribution < -0.4 is 5.43 Å². The summed E-state index contributed by atoms with van der Waals surface area (Å²) < 4.78 is 0. The van der Waals surface area contributed by atoms with Crippen molar-refractivity contribution in [3.05, 3.63) is 77.9 Å². The van der Waals surface area contributed by atoms with E-state index >= 15 is 0 Å². The fourth-order valence-corrected chi connectivity index (χ4v) is 2.52. The SMILES string of the molecule is CC(C=NNC(=O)c1cc2ccccc2cc1O)c1ccccc1. The van der Waals surface area contributed by atoms with Gasteiger partial charge in [0.05, 0.1) is 5.56 Å². The predicted molar refractivity (Wildman–Crippen MR) is 96.4 cm³/mol. The van der Waals surface area contributed by atoms with E-state index in [1.54, 1.807) is 18.3 Å². The van der Waals surface area contributed by atoms with Crippen LogP contribution in [0.1, 0.15) is 28.8 Å². The van der Waals surface area contributed by atoms with Gasteiger partial charge < -0.3 is 5.11 Å². The molecule has 0 saturated carbocycles. The number of fused-ring (bicyclic) bond motifs is 1. The van der Waals surface area contributed by atoms with Crippen molar-refractivity contribution in [2.24, 2.45) is 5.10 Å². The third-order valence-corrected chi connectivity index (χ3v) is 3.90. The Morgan fingerprint density at radius 2 is 1.67 bits per heavy atom. The molecule has 4 heteroatoms. The van der Waals surface area contributed by atoms with Crippen LogP contribution in [0.2, 0.25) is 0 Å². The Balaban J connectivity index is 1.73. The van der Waals surface area contributed by atoms with E-state index in [1.165, 1.54) is 0 Å². The first-order valence-electron chi connectivity index (χ1n) is 7.75. The minimum atomic E-state index is -0.435. The lowest BCUT2D eigenvalue weighted by Gasteiger charge is -2.07. The number of carbonyl (C=O) groups is 1. The molecule has 0 bridgehead atoms. The first kappa shape index (κ1) is 15.7. The average Bonchev–Trinajstić information content (AvgIpc) is 2.61. The molecule has 0 aromatic heterocycles. The maximum atomic E-state index is 12.2. The Morgan fingerprint density at radius 1 is 1.04 bits per heavy atom. The number of nitrogens with one attached hydrogen (secondary N) is 1. The molecule has 1 amide bonds. The van der Waals surface area contributed by atoms with Crippen molar-refractivity contribution in [2.75, 3.05) is 0 Å². The number of hydrogen-bond donors (Lipinski definition) is 2. The highest BCUT2D eigenvalue weighted by molar-refractivity contribution is 6.01. The number of rotatable bonds is 4. The second-order valence-electron chi connectivity index (χ2n) is 5.63. The van der Waals surface area contributed by atoms with Crippen molar-refractivity contribution in [2.45, 2.75) is 12.8 Å². The monoisotopic (exact) mass is 318 g/mol. The number of amides is 1. The van der Waals surface area contributed by atoms with Crippen LogP contribution in [0, 0.1) is 0 Å². The van der Waals surface area contributed by atoms with E-state index in [0.29, 0.717) is 0 Å². The normalized spacial score (nSPS) is 12.4. The van der Waals surface area contributed by atoms with Gasteiger partial charge in [-0.25, -0.2) is 5.43 Å². The van der Waals surface area contributed by atoms with Crippen LogP contribution in [0.3, 0.4) is 0 Å². The Bertz CT molecular complexity index is 889. The van der Waals surface area contributed by atoms with Gasteiger partial charge in [-0.3, -0.25) is 4.79 Å². The molecule has 0 aliphatic heterocycles. The maximum absolute atomic E-state index is 12.2. The highest BCUT2D eigenvalue weighted by Gasteiger charge is 2.12. The van der Waals surface area contributed by atoms with Gasteiger partial charge in [0, 0.05) is 12.1 Å². The van der Waals surface area contributed by atoms with Crippen LogP contribution in [0.4, 0.5) is 0 Å². The smallest absolute Gasteiger partial charge is 0.275 e. The van der Waals surface area contributed by atoms with Gasteiger partial charge in [-0.2, -0.15) is 5.10 Å². The summed E-state index contributed by atoms with van der Waals surface area (Å²) in [7, 11) is 0. The van der Waals surface area contributed by atoms with Crippen molar-refractivity contribution in [1.82, 2.24) is 5.43 Å². The summed E-state index contributed by atoms with van der Waals surface area (Å²) in [5.74, 6) is -0.413. The van der Waals surface area contributed by atoms with E-state index < -0.39 is 5.91 Å². The first-order valence-corrected chi connectivity index (χ1v) is 7.75. The molecule has 4 nitrogen and oxygen atoms in total. The molecule has 3 rings (SSSR count). The molecule has 0 aliphatic rings. The van der Waals surface area contributed by atoms with Gasteiger partial charge in [-0.15, -0.1) is 0 Å². The van der Waals surface area contributed by atoms with Gasteiger partial charge in [-0.1, -0.05) is 61.5 Å². The van der Waals surface area contributed by atoms with Crippen LogP contribution in [-0.4, -0.2) is 17.2 Å². The number of carbonyl (C=O) groups excluding carboxylic acids is 1. The van der Waals surface area contributed by atoms with Crippen LogP contribution >= 0.6 is 0 Å². The summed E-state index contributed by atoms with van der Waals surface area (Å²) in [6.45, 7) is 2.00. The second-order valence-corrected chi connectivity index (χ2v) is 5.63. The molecule has 1 atom stereocenters. The molecule has 0 spiro atoms. The molecule has 1 unspecified atom stereocenters. The number of phenols is 1. The van der Waals surface area contributed by atoms with Gasteiger partial charge in [0.2, 0.25) is 0 Å². The fraction of sp³-hybridized carbons (Fsp3) is 0.100. The third kappa shape index (κ3) is 3.43. The molecular weight excluding hydrogens is 300 g/mol. The van der Waals surface area contributed by atoms with Crippen molar-refractivity contribution >= 4 is 22.9 Å². The van der Waals surface area contributed by atoms with Crippen molar-refractivity contribution in [1.29, 1.82) is 0 Å². The number of hydrogen-bond acceptors (Lipinski definition) is 3. The standard InChI is InChI=1S/C20H18N2O2/c1-14(15-7-3-2-4-8-15)13-21-22-20(24)18-11-16-9-5-6-10-17(16)12-19(18)23/h2-14,23H,1H3,(H,22,24).